The minimum atomic E-state index is -4.43. The van der Waals surface area contributed by atoms with E-state index in [9.17, 15) is 13.2 Å². The zero-order chi connectivity index (χ0) is 16.2. The van der Waals surface area contributed by atoms with Crippen molar-refractivity contribution < 1.29 is 17.9 Å². The van der Waals surface area contributed by atoms with E-state index >= 15 is 0 Å². The molecule has 0 aliphatic rings. The number of aromatic nitrogens is 1. The maximum atomic E-state index is 13.1. The number of aryl methyl sites for hydroxylation is 1. The van der Waals surface area contributed by atoms with Crippen LogP contribution >= 0.6 is 0 Å². The van der Waals surface area contributed by atoms with E-state index < -0.39 is 11.7 Å². The Labute approximate surface area is 127 Å². The average Bonchev–Trinajstić information content (AvgIpc) is 2.51. The first-order valence-electron chi connectivity index (χ1n) is 6.91. The first-order valence-corrected chi connectivity index (χ1v) is 6.91. The number of hydrogen-bond donors (Lipinski definition) is 1. The molecule has 118 valence electrons. The summed E-state index contributed by atoms with van der Waals surface area (Å²) in [5, 5.41) is 2.77. The SMILES string of the molecule is CCc1cccc(OCc2c(NC)cccc2C(F)(F)F)n1. The molecule has 0 amide bonds. The van der Waals surface area contributed by atoms with Crippen LogP contribution in [0.5, 0.6) is 5.88 Å². The summed E-state index contributed by atoms with van der Waals surface area (Å²) in [7, 11) is 1.58. The Kier molecular flexibility index (Phi) is 4.90. The molecule has 0 radical (unpaired) electrons. The van der Waals surface area contributed by atoms with Crippen molar-refractivity contribution in [2.24, 2.45) is 0 Å². The third-order valence-electron chi connectivity index (χ3n) is 3.26. The van der Waals surface area contributed by atoms with Crippen LogP contribution in [0.25, 0.3) is 0 Å². The molecule has 1 N–H and O–H groups in total. The second-order valence-electron chi connectivity index (χ2n) is 4.69. The van der Waals surface area contributed by atoms with E-state index in [2.05, 4.69) is 10.3 Å². The van der Waals surface area contributed by atoms with Crippen LogP contribution in [0.1, 0.15) is 23.7 Å². The first-order chi connectivity index (χ1) is 10.5. The van der Waals surface area contributed by atoms with Gasteiger partial charge in [0, 0.05) is 30.1 Å². The molecule has 0 fully saturated rings. The van der Waals surface area contributed by atoms with Crippen LogP contribution in [0.4, 0.5) is 18.9 Å². The van der Waals surface area contributed by atoms with Crippen molar-refractivity contribution in [1.82, 2.24) is 4.98 Å². The van der Waals surface area contributed by atoms with E-state index in [4.69, 9.17) is 4.74 Å². The van der Waals surface area contributed by atoms with Crippen LogP contribution in [-0.2, 0) is 19.2 Å². The van der Waals surface area contributed by atoms with E-state index in [0.717, 1.165) is 18.2 Å². The zero-order valence-electron chi connectivity index (χ0n) is 12.4. The van der Waals surface area contributed by atoms with E-state index in [1.807, 2.05) is 13.0 Å². The number of benzene rings is 1. The number of alkyl halides is 3. The molecule has 1 aromatic carbocycles. The molecule has 0 bridgehead atoms. The van der Waals surface area contributed by atoms with Gasteiger partial charge in [-0.2, -0.15) is 13.2 Å². The molecule has 2 rings (SSSR count). The summed E-state index contributed by atoms with van der Waals surface area (Å²) in [6, 6.07) is 9.26. The standard InChI is InChI=1S/C16H17F3N2O/c1-3-11-6-4-9-15(21-11)22-10-12-13(16(17,18)19)7-5-8-14(12)20-2/h4-9,20H,3,10H2,1-2H3. The molecule has 6 heteroatoms. The van der Waals surface area contributed by atoms with E-state index in [1.54, 1.807) is 25.2 Å². The van der Waals surface area contributed by atoms with Gasteiger partial charge in [0.1, 0.15) is 6.61 Å². The molecule has 2 aromatic rings. The molecule has 3 nitrogen and oxygen atoms in total. The second kappa shape index (κ2) is 6.68. The molecule has 0 saturated carbocycles. The van der Waals surface area contributed by atoms with Crippen molar-refractivity contribution >= 4 is 5.69 Å². The highest BCUT2D eigenvalue weighted by Gasteiger charge is 2.34. The molecular weight excluding hydrogens is 293 g/mol. The van der Waals surface area contributed by atoms with Crippen LogP contribution < -0.4 is 10.1 Å². The maximum Gasteiger partial charge on any atom is 0.416 e. The monoisotopic (exact) mass is 310 g/mol. The highest BCUT2D eigenvalue weighted by Crippen LogP contribution is 2.35. The summed E-state index contributed by atoms with van der Waals surface area (Å²) in [5.41, 5.74) is 0.587. The van der Waals surface area contributed by atoms with Gasteiger partial charge in [-0.25, -0.2) is 4.98 Å². The Balaban J connectivity index is 2.28. The molecule has 1 heterocycles. The maximum absolute atomic E-state index is 13.1. The fourth-order valence-electron chi connectivity index (χ4n) is 2.12. The van der Waals surface area contributed by atoms with Gasteiger partial charge >= 0.3 is 6.18 Å². The van der Waals surface area contributed by atoms with Crippen molar-refractivity contribution in [3.05, 3.63) is 53.2 Å². The number of anilines is 1. The lowest BCUT2D eigenvalue weighted by atomic mass is 10.1. The number of ether oxygens (including phenoxy) is 1. The molecule has 0 spiro atoms. The molecule has 0 unspecified atom stereocenters. The lowest BCUT2D eigenvalue weighted by Crippen LogP contribution is -2.13. The fraction of sp³-hybridized carbons (Fsp3) is 0.312. The molecular formula is C16H17F3N2O. The smallest absolute Gasteiger partial charge is 0.416 e. The number of nitrogens with zero attached hydrogens (tertiary/aromatic N) is 1. The average molecular weight is 310 g/mol. The van der Waals surface area contributed by atoms with Gasteiger partial charge in [-0.3, -0.25) is 0 Å². The van der Waals surface area contributed by atoms with Gasteiger partial charge in [0.05, 0.1) is 5.56 Å². The van der Waals surface area contributed by atoms with Crippen LogP contribution in [0.3, 0.4) is 0 Å². The Morgan fingerprint density at radius 2 is 1.86 bits per heavy atom. The minimum Gasteiger partial charge on any atom is -0.473 e. The van der Waals surface area contributed by atoms with Crippen molar-refractivity contribution in [3.8, 4) is 5.88 Å². The quantitative estimate of drug-likeness (QED) is 0.895. The lowest BCUT2D eigenvalue weighted by molar-refractivity contribution is -0.138. The minimum absolute atomic E-state index is 0.0706. The Bertz CT molecular complexity index is 642. The highest BCUT2D eigenvalue weighted by molar-refractivity contribution is 5.55. The predicted molar refractivity (Wildman–Crippen MR) is 78.9 cm³/mol. The van der Waals surface area contributed by atoms with Gasteiger partial charge in [0.15, 0.2) is 0 Å². The summed E-state index contributed by atoms with van der Waals surface area (Å²) in [6.45, 7) is 1.75. The third-order valence-corrected chi connectivity index (χ3v) is 3.26. The Morgan fingerprint density at radius 3 is 2.50 bits per heavy atom. The summed E-state index contributed by atoms with van der Waals surface area (Å²) in [5.74, 6) is 0.318. The third kappa shape index (κ3) is 3.69. The van der Waals surface area contributed by atoms with E-state index in [1.165, 1.54) is 6.07 Å². The number of nitrogens with one attached hydrogen (secondary N) is 1. The lowest BCUT2D eigenvalue weighted by Gasteiger charge is -2.17. The van der Waals surface area contributed by atoms with E-state index in [0.29, 0.717) is 11.6 Å². The molecule has 0 aliphatic heterocycles. The normalized spacial score (nSPS) is 11.3. The number of halogens is 3. The van der Waals surface area contributed by atoms with E-state index in [-0.39, 0.29) is 12.2 Å². The van der Waals surface area contributed by atoms with Crippen LogP contribution in [0.2, 0.25) is 0 Å². The van der Waals surface area contributed by atoms with Gasteiger partial charge in [-0.1, -0.05) is 19.1 Å². The Hall–Kier alpha value is -2.24. The van der Waals surface area contributed by atoms with Crippen molar-refractivity contribution in [2.75, 3.05) is 12.4 Å². The van der Waals surface area contributed by atoms with Crippen LogP contribution in [0.15, 0.2) is 36.4 Å². The largest absolute Gasteiger partial charge is 0.473 e. The van der Waals surface area contributed by atoms with Crippen molar-refractivity contribution in [2.45, 2.75) is 26.1 Å². The Morgan fingerprint density at radius 1 is 1.14 bits per heavy atom. The molecule has 0 atom stereocenters. The van der Waals surface area contributed by atoms with Gasteiger partial charge < -0.3 is 10.1 Å². The van der Waals surface area contributed by atoms with Crippen molar-refractivity contribution in [1.29, 1.82) is 0 Å². The molecule has 1 aromatic heterocycles. The topological polar surface area (TPSA) is 34.1 Å². The molecule has 0 aliphatic carbocycles. The van der Waals surface area contributed by atoms with Gasteiger partial charge in [-0.05, 0) is 24.6 Å². The van der Waals surface area contributed by atoms with Gasteiger partial charge in [0.25, 0.3) is 0 Å². The summed E-state index contributed by atoms with van der Waals surface area (Å²) in [6.07, 6.45) is -3.69. The summed E-state index contributed by atoms with van der Waals surface area (Å²) < 4.78 is 44.8. The first kappa shape index (κ1) is 16.1. The number of rotatable bonds is 5. The fourth-order valence-corrected chi connectivity index (χ4v) is 2.12. The zero-order valence-corrected chi connectivity index (χ0v) is 12.4. The predicted octanol–water partition coefficient (Wildman–Crippen LogP) is 4.28. The second-order valence-corrected chi connectivity index (χ2v) is 4.69. The summed E-state index contributed by atoms with van der Waals surface area (Å²) in [4.78, 5) is 4.23. The van der Waals surface area contributed by atoms with Crippen molar-refractivity contribution in [3.63, 3.8) is 0 Å². The highest BCUT2D eigenvalue weighted by atomic mass is 19.4. The molecule has 22 heavy (non-hydrogen) atoms. The molecule has 0 saturated heterocycles. The van der Waals surface area contributed by atoms with Gasteiger partial charge in [-0.15, -0.1) is 0 Å². The van der Waals surface area contributed by atoms with Crippen LogP contribution in [0, 0.1) is 0 Å². The summed E-state index contributed by atoms with van der Waals surface area (Å²) >= 11 is 0. The number of hydrogen-bond acceptors (Lipinski definition) is 3. The van der Waals surface area contributed by atoms with Crippen LogP contribution in [-0.4, -0.2) is 12.0 Å². The number of pyridine rings is 1. The van der Waals surface area contributed by atoms with Gasteiger partial charge in [0.2, 0.25) is 5.88 Å².